The molecule has 1 aromatic rings. The van der Waals surface area contributed by atoms with Gasteiger partial charge in [-0.1, -0.05) is 12.1 Å². The Labute approximate surface area is 138 Å². The van der Waals surface area contributed by atoms with Gasteiger partial charge in [0.05, 0.1) is 18.0 Å². The van der Waals surface area contributed by atoms with Crippen molar-refractivity contribution in [2.45, 2.75) is 0 Å². The van der Waals surface area contributed by atoms with E-state index in [2.05, 4.69) is 4.74 Å². The van der Waals surface area contributed by atoms with E-state index in [9.17, 15) is 24.8 Å². The van der Waals surface area contributed by atoms with E-state index in [1.165, 1.54) is 0 Å². The van der Waals surface area contributed by atoms with Crippen molar-refractivity contribution in [3.8, 4) is 0 Å². The molecule has 0 aliphatic carbocycles. The van der Waals surface area contributed by atoms with Gasteiger partial charge in [0.2, 0.25) is 0 Å². The fourth-order valence-electron chi connectivity index (χ4n) is 1.18. The summed E-state index contributed by atoms with van der Waals surface area (Å²) in [5.74, 6) is -2.77. The molecule has 0 aliphatic heterocycles. The van der Waals surface area contributed by atoms with Gasteiger partial charge in [-0.15, -0.1) is 0 Å². The summed E-state index contributed by atoms with van der Waals surface area (Å²) in [5.41, 5.74) is -1.82. The van der Waals surface area contributed by atoms with E-state index >= 15 is 0 Å². The SMILES string of the molecule is COC(=O)c1c(C(=O)[O-])cccc1[N+](=O)[O-].[K+]. The first-order chi connectivity index (χ1) is 7.49. The first-order valence-electron chi connectivity index (χ1n) is 4.06. The van der Waals surface area contributed by atoms with Crippen LogP contribution >= 0.6 is 0 Å². The molecule has 0 radical (unpaired) electrons. The van der Waals surface area contributed by atoms with Crippen molar-refractivity contribution in [2.75, 3.05) is 7.11 Å². The van der Waals surface area contributed by atoms with Crippen molar-refractivity contribution >= 4 is 17.6 Å². The molecule has 1 rings (SSSR count). The number of esters is 1. The summed E-state index contributed by atoms with van der Waals surface area (Å²) in [4.78, 5) is 31.7. The molecule has 17 heavy (non-hydrogen) atoms. The van der Waals surface area contributed by atoms with Gasteiger partial charge >= 0.3 is 57.4 Å². The van der Waals surface area contributed by atoms with Gasteiger partial charge in [-0.2, -0.15) is 0 Å². The standard InChI is InChI=1S/C9H7NO6.K/c1-16-9(13)7-5(8(11)12)3-2-4-6(7)10(14)15;/h2-4H,1H3,(H,11,12);/q;+1/p-1. The largest absolute Gasteiger partial charge is 1.00 e. The van der Waals surface area contributed by atoms with Crippen LogP contribution in [0.5, 0.6) is 0 Å². The molecule has 7 nitrogen and oxygen atoms in total. The summed E-state index contributed by atoms with van der Waals surface area (Å²) in [7, 11) is 0.998. The van der Waals surface area contributed by atoms with Gasteiger partial charge < -0.3 is 14.6 Å². The number of nitrogens with zero attached hydrogens (tertiary/aromatic N) is 1. The molecule has 0 fully saturated rings. The second kappa shape index (κ2) is 6.82. The van der Waals surface area contributed by atoms with Gasteiger partial charge in [0.25, 0.3) is 5.69 Å². The fraction of sp³-hybridized carbons (Fsp3) is 0.111. The molecular weight excluding hydrogens is 257 g/mol. The van der Waals surface area contributed by atoms with Gasteiger partial charge in [0.15, 0.2) is 0 Å². The van der Waals surface area contributed by atoms with Crippen LogP contribution in [0.4, 0.5) is 5.69 Å². The monoisotopic (exact) mass is 263 g/mol. The Morgan fingerprint density at radius 1 is 1.35 bits per heavy atom. The van der Waals surface area contributed by atoms with E-state index in [-0.39, 0.29) is 51.4 Å². The molecule has 1 aromatic carbocycles. The molecular formula is C9H6KNO6. The average Bonchev–Trinajstić information content (AvgIpc) is 2.26. The van der Waals surface area contributed by atoms with Crippen LogP contribution in [-0.4, -0.2) is 24.0 Å². The quantitative estimate of drug-likeness (QED) is 0.245. The number of carbonyl (C=O) groups excluding carboxylic acids is 2. The Bertz CT molecular complexity index is 440. The molecule has 0 aliphatic rings. The molecule has 0 saturated heterocycles. The van der Waals surface area contributed by atoms with Crippen molar-refractivity contribution in [3.05, 3.63) is 39.4 Å². The number of carboxylic acid groups (broad SMARTS) is 1. The second-order valence-corrected chi connectivity index (χ2v) is 2.74. The smallest absolute Gasteiger partial charge is 0.545 e. The third kappa shape index (κ3) is 3.58. The number of hydrogen-bond acceptors (Lipinski definition) is 6. The molecule has 0 atom stereocenters. The first kappa shape index (κ1) is 16.2. The number of aromatic carboxylic acids is 1. The van der Waals surface area contributed by atoms with E-state index < -0.39 is 33.7 Å². The Hall–Kier alpha value is -0.804. The van der Waals surface area contributed by atoms with Crippen LogP contribution < -0.4 is 56.5 Å². The summed E-state index contributed by atoms with van der Waals surface area (Å²) in [6.45, 7) is 0. The maximum absolute atomic E-state index is 11.2. The molecule has 0 aromatic heterocycles. The van der Waals surface area contributed by atoms with Crippen LogP contribution in [0.15, 0.2) is 18.2 Å². The molecule has 0 spiro atoms. The summed E-state index contributed by atoms with van der Waals surface area (Å²) < 4.78 is 4.28. The summed E-state index contributed by atoms with van der Waals surface area (Å²) in [5, 5.41) is 21.3. The maximum Gasteiger partial charge on any atom is 1.00 e. The number of carbonyl (C=O) groups is 2. The molecule has 0 bridgehead atoms. The Morgan fingerprint density at radius 2 is 1.94 bits per heavy atom. The minimum absolute atomic E-state index is 0. The van der Waals surface area contributed by atoms with Gasteiger partial charge in [0, 0.05) is 11.6 Å². The van der Waals surface area contributed by atoms with Gasteiger partial charge in [-0.3, -0.25) is 10.1 Å². The van der Waals surface area contributed by atoms with E-state index in [1.807, 2.05) is 0 Å². The van der Waals surface area contributed by atoms with Crippen LogP contribution in [0.2, 0.25) is 0 Å². The Morgan fingerprint density at radius 3 is 2.35 bits per heavy atom. The third-order valence-corrected chi connectivity index (χ3v) is 1.85. The Kier molecular flexibility index (Phi) is 6.49. The van der Waals surface area contributed by atoms with Gasteiger partial charge in [-0.25, -0.2) is 4.79 Å². The van der Waals surface area contributed by atoms with E-state index in [4.69, 9.17) is 0 Å². The minimum Gasteiger partial charge on any atom is -0.545 e. The van der Waals surface area contributed by atoms with E-state index in [0.29, 0.717) is 0 Å². The average molecular weight is 263 g/mol. The van der Waals surface area contributed by atoms with Crippen molar-refractivity contribution < 1.29 is 75.7 Å². The predicted octanol–water partition coefficient (Wildman–Crippen LogP) is -3.25. The van der Waals surface area contributed by atoms with Crippen molar-refractivity contribution in [1.82, 2.24) is 0 Å². The fourth-order valence-corrected chi connectivity index (χ4v) is 1.18. The number of benzene rings is 1. The molecule has 0 amide bonds. The number of rotatable bonds is 3. The zero-order chi connectivity index (χ0) is 12.3. The molecule has 0 heterocycles. The minimum atomic E-state index is -1.68. The molecule has 0 unspecified atom stereocenters. The maximum atomic E-state index is 11.2. The molecule has 0 saturated carbocycles. The van der Waals surface area contributed by atoms with Crippen molar-refractivity contribution in [1.29, 1.82) is 0 Å². The van der Waals surface area contributed by atoms with Gasteiger partial charge in [-0.05, 0) is 0 Å². The predicted molar refractivity (Wildman–Crippen MR) is 48.8 cm³/mol. The first-order valence-corrected chi connectivity index (χ1v) is 4.06. The van der Waals surface area contributed by atoms with Crippen LogP contribution in [-0.2, 0) is 4.74 Å². The van der Waals surface area contributed by atoms with Gasteiger partial charge in [0.1, 0.15) is 5.56 Å². The number of nitro benzene ring substituents is 1. The number of hydrogen-bond donors (Lipinski definition) is 0. The van der Waals surface area contributed by atoms with E-state index in [1.54, 1.807) is 0 Å². The molecule has 0 N–H and O–H groups in total. The van der Waals surface area contributed by atoms with E-state index in [0.717, 1.165) is 25.3 Å². The Balaban J connectivity index is 0.00000256. The number of carboxylic acids is 1. The van der Waals surface area contributed by atoms with Crippen molar-refractivity contribution in [2.24, 2.45) is 0 Å². The third-order valence-electron chi connectivity index (χ3n) is 1.85. The van der Waals surface area contributed by atoms with Crippen LogP contribution in [0.25, 0.3) is 0 Å². The van der Waals surface area contributed by atoms with Crippen LogP contribution in [0.1, 0.15) is 20.7 Å². The summed E-state index contributed by atoms with van der Waals surface area (Å²) in [6.07, 6.45) is 0. The molecule has 84 valence electrons. The van der Waals surface area contributed by atoms with Crippen molar-refractivity contribution in [3.63, 3.8) is 0 Å². The number of ether oxygens (including phenoxy) is 1. The van der Waals surface area contributed by atoms with Crippen LogP contribution in [0, 0.1) is 10.1 Å². The normalized spacial score (nSPS) is 9.00. The number of methoxy groups -OCH3 is 1. The second-order valence-electron chi connectivity index (χ2n) is 2.74. The zero-order valence-electron chi connectivity index (χ0n) is 9.13. The van der Waals surface area contributed by atoms with Crippen LogP contribution in [0.3, 0.4) is 0 Å². The zero-order valence-corrected chi connectivity index (χ0v) is 12.3. The summed E-state index contributed by atoms with van der Waals surface area (Å²) in [6, 6.07) is 3.20. The molecule has 8 heteroatoms. The summed E-state index contributed by atoms with van der Waals surface area (Å²) >= 11 is 0. The topological polar surface area (TPSA) is 110 Å². The number of nitro groups is 1.